The van der Waals surface area contributed by atoms with Crippen molar-refractivity contribution in [1.29, 1.82) is 0 Å². The molecular weight excluding hydrogens is 256 g/mol. The number of carbonyl (C=O) groups is 1. The molecule has 5 heteroatoms. The molecule has 0 aliphatic rings. The first kappa shape index (κ1) is 14.3. The lowest BCUT2D eigenvalue weighted by Crippen LogP contribution is -2.20. The van der Waals surface area contributed by atoms with E-state index in [1.807, 2.05) is 25.1 Å². The van der Waals surface area contributed by atoms with E-state index in [2.05, 4.69) is 18.8 Å². The first-order valence-corrected chi connectivity index (χ1v) is 6.50. The SMILES string of the molecule is Cc1cc(C(=O)NO)nc2ccc(OCC(C)C)cc12. The summed E-state index contributed by atoms with van der Waals surface area (Å²) in [6, 6.07) is 7.20. The van der Waals surface area contributed by atoms with Crippen LogP contribution in [-0.4, -0.2) is 22.7 Å². The number of fused-ring (bicyclic) bond motifs is 1. The summed E-state index contributed by atoms with van der Waals surface area (Å²) >= 11 is 0. The van der Waals surface area contributed by atoms with E-state index >= 15 is 0 Å². The first-order chi connectivity index (χ1) is 9.51. The standard InChI is InChI=1S/C15H18N2O3/c1-9(2)8-20-11-4-5-13-12(7-11)10(3)6-14(16-13)15(18)17-19/h4-7,9,19H,8H2,1-3H3,(H,17,18). The number of hydrogen-bond acceptors (Lipinski definition) is 4. The van der Waals surface area contributed by atoms with Crippen LogP contribution in [0.25, 0.3) is 10.9 Å². The van der Waals surface area contributed by atoms with Crippen LogP contribution in [0.3, 0.4) is 0 Å². The van der Waals surface area contributed by atoms with E-state index in [0.717, 1.165) is 16.7 Å². The molecule has 2 N–H and O–H groups in total. The zero-order valence-corrected chi connectivity index (χ0v) is 11.8. The number of nitrogens with one attached hydrogen (secondary N) is 1. The van der Waals surface area contributed by atoms with Gasteiger partial charge in [-0.1, -0.05) is 13.8 Å². The fourth-order valence-corrected chi connectivity index (χ4v) is 1.90. The zero-order valence-electron chi connectivity index (χ0n) is 11.8. The maximum Gasteiger partial charge on any atom is 0.293 e. The number of benzene rings is 1. The Bertz CT molecular complexity index is 638. The quantitative estimate of drug-likeness (QED) is 0.664. The third-order valence-electron chi connectivity index (χ3n) is 2.90. The molecule has 5 nitrogen and oxygen atoms in total. The molecule has 0 atom stereocenters. The largest absolute Gasteiger partial charge is 0.493 e. The number of hydroxylamine groups is 1. The molecule has 1 heterocycles. The van der Waals surface area contributed by atoms with Crippen molar-refractivity contribution in [2.24, 2.45) is 5.92 Å². The van der Waals surface area contributed by atoms with Crippen LogP contribution in [0, 0.1) is 12.8 Å². The number of aromatic nitrogens is 1. The summed E-state index contributed by atoms with van der Waals surface area (Å²) in [4.78, 5) is 15.6. The molecule has 0 bridgehead atoms. The van der Waals surface area contributed by atoms with Crippen molar-refractivity contribution < 1.29 is 14.7 Å². The Morgan fingerprint density at radius 1 is 1.40 bits per heavy atom. The fourth-order valence-electron chi connectivity index (χ4n) is 1.90. The summed E-state index contributed by atoms with van der Waals surface area (Å²) in [5, 5.41) is 9.59. The highest BCUT2D eigenvalue weighted by Crippen LogP contribution is 2.23. The minimum absolute atomic E-state index is 0.188. The second-order valence-corrected chi connectivity index (χ2v) is 5.15. The second kappa shape index (κ2) is 5.88. The summed E-state index contributed by atoms with van der Waals surface area (Å²) < 4.78 is 5.68. The molecule has 0 spiro atoms. The average Bonchev–Trinajstić information content (AvgIpc) is 2.44. The molecule has 1 amide bonds. The van der Waals surface area contributed by atoms with Gasteiger partial charge in [-0.25, -0.2) is 10.5 Å². The summed E-state index contributed by atoms with van der Waals surface area (Å²) in [6.45, 7) is 6.73. The molecular formula is C15H18N2O3. The van der Waals surface area contributed by atoms with Gasteiger partial charge in [0.2, 0.25) is 0 Å². The molecule has 0 saturated carbocycles. The Kier molecular flexibility index (Phi) is 4.20. The highest BCUT2D eigenvalue weighted by molar-refractivity contribution is 5.95. The molecule has 0 radical (unpaired) electrons. The van der Waals surface area contributed by atoms with Crippen molar-refractivity contribution in [2.75, 3.05) is 6.61 Å². The number of aryl methyl sites for hydroxylation is 1. The molecule has 0 aliphatic carbocycles. The average molecular weight is 274 g/mol. The van der Waals surface area contributed by atoms with Crippen LogP contribution in [0.5, 0.6) is 5.75 Å². The maximum atomic E-state index is 11.4. The summed E-state index contributed by atoms with van der Waals surface area (Å²) in [5.41, 5.74) is 3.38. The summed E-state index contributed by atoms with van der Waals surface area (Å²) in [6.07, 6.45) is 0. The van der Waals surface area contributed by atoms with Gasteiger partial charge in [-0.15, -0.1) is 0 Å². The van der Waals surface area contributed by atoms with E-state index in [-0.39, 0.29) is 5.69 Å². The Balaban J connectivity index is 2.38. The fraction of sp³-hybridized carbons (Fsp3) is 0.333. The number of nitrogens with zero attached hydrogens (tertiary/aromatic N) is 1. The highest BCUT2D eigenvalue weighted by Gasteiger charge is 2.10. The predicted molar refractivity (Wildman–Crippen MR) is 76.1 cm³/mol. The normalized spacial score (nSPS) is 10.8. The van der Waals surface area contributed by atoms with Gasteiger partial charge in [0.25, 0.3) is 5.91 Å². The Morgan fingerprint density at radius 3 is 2.80 bits per heavy atom. The molecule has 1 aromatic heterocycles. The van der Waals surface area contributed by atoms with Crippen molar-refractivity contribution in [2.45, 2.75) is 20.8 Å². The highest BCUT2D eigenvalue weighted by atomic mass is 16.5. The van der Waals surface area contributed by atoms with E-state index in [0.29, 0.717) is 18.0 Å². The van der Waals surface area contributed by atoms with Crippen LogP contribution in [0.15, 0.2) is 24.3 Å². The Hall–Kier alpha value is -2.14. The molecule has 2 rings (SSSR count). The number of rotatable bonds is 4. The summed E-state index contributed by atoms with van der Waals surface area (Å²) in [5.74, 6) is 0.631. The van der Waals surface area contributed by atoms with Gasteiger partial charge >= 0.3 is 0 Å². The maximum absolute atomic E-state index is 11.4. The molecule has 20 heavy (non-hydrogen) atoms. The van der Waals surface area contributed by atoms with Crippen LogP contribution in [0.1, 0.15) is 29.9 Å². The van der Waals surface area contributed by atoms with Gasteiger partial charge in [-0.3, -0.25) is 10.0 Å². The van der Waals surface area contributed by atoms with Crippen molar-refractivity contribution in [3.63, 3.8) is 0 Å². The smallest absolute Gasteiger partial charge is 0.293 e. The van der Waals surface area contributed by atoms with E-state index < -0.39 is 5.91 Å². The molecule has 0 fully saturated rings. The van der Waals surface area contributed by atoms with E-state index in [4.69, 9.17) is 9.94 Å². The number of amides is 1. The number of ether oxygens (including phenoxy) is 1. The topological polar surface area (TPSA) is 71.5 Å². The van der Waals surface area contributed by atoms with Crippen LogP contribution < -0.4 is 10.2 Å². The lowest BCUT2D eigenvalue weighted by atomic mass is 10.1. The first-order valence-electron chi connectivity index (χ1n) is 6.50. The number of carbonyl (C=O) groups excluding carboxylic acids is 1. The minimum Gasteiger partial charge on any atom is -0.493 e. The monoisotopic (exact) mass is 274 g/mol. The molecule has 106 valence electrons. The number of hydrogen-bond donors (Lipinski definition) is 2. The third kappa shape index (κ3) is 3.05. The third-order valence-corrected chi connectivity index (χ3v) is 2.90. The van der Waals surface area contributed by atoms with E-state index in [1.165, 1.54) is 0 Å². The molecule has 0 aliphatic heterocycles. The predicted octanol–water partition coefficient (Wildman–Crippen LogP) is 2.70. The molecule has 2 aromatic rings. The molecule has 0 saturated heterocycles. The van der Waals surface area contributed by atoms with Gasteiger partial charge < -0.3 is 4.74 Å². The lowest BCUT2D eigenvalue weighted by molar-refractivity contribution is 0.0701. The van der Waals surface area contributed by atoms with Crippen LogP contribution in [0.2, 0.25) is 0 Å². The Morgan fingerprint density at radius 2 is 2.15 bits per heavy atom. The van der Waals surface area contributed by atoms with Gasteiger partial charge in [0.05, 0.1) is 12.1 Å². The van der Waals surface area contributed by atoms with E-state index in [1.54, 1.807) is 11.5 Å². The number of pyridine rings is 1. The van der Waals surface area contributed by atoms with E-state index in [9.17, 15) is 4.79 Å². The van der Waals surface area contributed by atoms with Crippen molar-refractivity contribution in [1.82, 2.24) is 10.5 Å². The Labute approximate surface area is 117 Å². The van der Waals surface area contributed by atoms with Gasteiger partial charge in [0.15, 0.2) is 0 Å². The van der Waals surface area contributed by atoms with Crippen molar-refractivity contribution in [3.05, 3.63) is 35.5 Å². The van der Waals surface area contributed by atoms with Crippen molar-refractivity contribution in [3.8, 4) is 5.75 Å². The van der Waals surface area contributed by atoms with Gasteiger partial charge in [0, 0.05) is 5.39 Å². The molecule has 0 unspecified atom stereocenters. The van der Waals surface area contributed by atoms with Crippen molar-refractivity contribution >= 4 is 16.8 Å². The van der Waals surface area contributed by atoms with Crippen LogP contribution >= 0.6 is 0 Å². The van der Waals surface area contributed by atoms with Crippen LogP contribution in [-0.2, 0) is 0 Å². The summed E-state index contributed by atoms with van der Waals surface area (Å²) in [7, 11) is 0. The zero-order chi connectivity index (χ0) is 14.7. The lowest BCUT2D eigenvalue weighted by Gasteiger charge is -2.11. The second-order valence-electron chi connectivity index (χ2n) is 5.15. The van der Waals surface area contributed by atoms with Gasteiger partial charge in [-0.2, -0.15) is 0 Å². The van der Waals surface area contributed by atoms with Gasteiger partial charge in [-0.05, 0) is 42.7 Å². The van der Waals surface area contributed by atoms with Crippen LogP contribution in [0.4, 0.5) is 0 Å². The van der Waals surface area contributed by atoms with Gasteiger partial charge in [0.1, 0.15) is 11.4 Å². The molecule has 1 aromatic carbocycles. The minimum atomic E-state index is -0.616.